The fourth-order valence-electron chi connectivity index (χ4n) is 2.37. The number of piperidine rings is 1. The first kappa shape index (κ1) is 16.3. The molecule has 1 heterocycles. The molecule has 1 aliphatic rings. The number of guanidine groups is 1. The van der Waals surface area contributed by atoms with Crippen molar-refractivity contribution in [2.24, 2.45) is 10.9 Å². The summed E-state index contributed by atoms with van der Waals surface area (Å²) >= 11 is 0. The van der Waals surface area contributed by atoms with Crippen LogP contribution < -0.4 is 5.32 Å². The first-order valence-electron chi connectivity index (χ1n) is 7.80. The lowest BCUT2D eigenvalue weighted by Gasteiger charge is -2.33. The van der Waals surface area contributed by atoms with Gasteiger partial charge in [-0.1, -0.05) is 6.92 Å². The predicted octanol–water partition coefficient (Wildman–Crippen LogP) is 2.50. The summed E-state index contributed by atoms with van der Waals surface area (Å²) in [5, 5.41) is 3.42. The Morgan fingerprint density at radius 1 is 1.26 bits per heavy atom. The van der Waals surface area contributed by atoms with E-state index in [4.69, 9.17) is 9.73 Å². The van der Waals surface area contributed by atoms with E-state index in [0.717, 1.165) is 57.5 Å². The van der Waals surface area contributed by atoms with Gasteiger partial charge in [0.05, 0.1) is 0 Å². The molecule has 0 bridgehead atoms. The Labute approximate surface area is 118 Å². The van der Waals surface area contributed by atoms with Crippen molar-refractivity contribution >= 4 is 5.96 Å². The molecule has 0 aromatic heterocycles. The summed E-state index contributed by atoms with van der Waals surface area (Å²) in [6, 6.07) is 0. The molecule has 4 heteroatoms. The molecule has 112 valence electrons. The molecule has 0 saturated carbocycles. The van der Waals surface area contributed by atoms with Gasteiger partial charge in [-0.15, -0.1) is 0 Å². The van der Waals surface area contributed by atoms with E-state index >= 15 is 0 Å². The van der Waals surface area contributed by atoms with Gasteiger partial charge in [-0.3, -0.25) is 4.99 Å². The van der Waals surface area contributed by atoms with Crippen LogP contribution in [0.15, 0.2) is 4.99 Å². The molecule has 1 N–H and O–H groups in total. The van der Waals surface area contributed by atoms with Gasteiger partial charge in [-0.05, 0) is 44.9 Å². The van der Waals surface area contributed by atoms with Crippen LogP contribution in [0.2, 0.25) is 0 Å². The molecule has 0 aromatic rings. The summed E-state index contributed by atoms with van der Waals surface area (Å²) in [6.07, 6.45) is 6.08. The van der Waals surface area contributed by atoms with Gasteiger partial charge < -0.3 is 15.0 Å². The van der Waals surface area contributed by atoms with E-state index in [1.165, 1.54) is 19.3 Å². The molecule has 0 aromatic carbocycles. The molecule has 0 amide bonds. The Morgan fingerprint density at radius 2 is 2.00 bits per heavy atom. The maximum Gasteiger partial charge on any atom is 0.193 e. The molecule has 1 rings (SSSR count). The van der Waals surface area contributed by atoms with Gasteiger partial charge in [0.25, 0.3) is 0 Å². The van der Waals surface area contributed by atoms with E-state index < -0.39 is 0 Å². The second-order valence-corrected chi connectivity index (χ2v) is 5.46. The van der Waals surface area contributed by atoms with Gasteiger partial charge in [0.2, 0.25) is 0 Å². The van der Waals surface area contributed by atoms with Gasteiger partial charge in [-0.2, -0.15) is 0 Å². The summed E-state index contributed by atoms with van der Waals surface area (Å²) in [6.45, 7) is 9.53. The first-order chi connectivity index (χ1) is 9.27. The summed E-state index contributed by atoms with van der Waals surface area (Å²) in [5.41, 5.74) is 0. The Kier molecular flexibility index (Phi) is 8.63. The molecule has 4 nitrogen and oxygen atoms in total. The highest BCUT2D eigenvalue weighted by Crippen LogP contribution is 2.15. The average molecular weight is 269 g/mol. The minimum absolute atomic E-state index is 0.869. The zero-order valence-electron chi connectivity index (χ0n) is 13.0. The van der Waals surface area contributed by atoms with Crippen molar-refractivity contribution in [3.05, 3.63) is 0 Å². The number of rotatable bonds is 7. The van der Waals surface area contributed by atoms with Crippen molar-refractivity contribution in [3.8, 4) is 0 Å². The Balaban J connectivity index is 2.29. The van der Waals surface area contributed by atoms with Crippen LogP contribution in [0.5, 0.6) is 0 Å². The van der Waals surface area contributed by atoms with E-state index in [0.29, 0.717) is 0 Å². The van der Waals surface area contributed by atoms with Gasteiger partial charge in [0.1, 0.15) is 0 Å². The number of methoxy groups -OCH3 is 1. The Hall–Kier alpha value is -0.770. The number of hydrogen-bond acceptors (Lipinski definition) is 2. The standard InChI is InChI=1S/C15H31N3O/c1-4-16-15(17-10-6-5-7-13-19-3)18-11-8-14(2)9-12-18/h14H,4-13H2,1-3H3,(H,16,17). The smallest absolute Gasteiger partial charge is 0.193 e. The van der Waals surface area contributed by atoms with E-state index in [9.17, 15) is 0 Å². The molecular weight excluding hydrogens is 238 g/mol. The van der Waals surface area contributed by atoms with Crippen molar-refractivity contribution in [1.29, 1.82) is 0 Å². The number of unbranched alkanes of at least 4 members (excludes halogenated alkanes) is 2. The predicted molar refractivity (Wildman–Crippen MR) is 81.7 cm³/mol. The van der Waals surface area contributed by atoms with Gasteiger partial charge >= 0.3 is 0 Å². The molecule has 0 unspecified atom stereocenters. The number of likely N-dealkylation sites (tertiary alicyclic amines) is 1. The largest absolute Gasteiger partial charge is 0.385 e. The normalized spacial score (nSPS) is 17.8. The van der Waals surface area contributed by atoms with Gasteiger partial charge in [0, 0.05) is 39.9 Å². The molecule has 1 fully saturated rings. The Morgan fingerprint density at radius 3 is 2.63 bits per heavy atom. The molecule has 0 spiro atoms. The van der Waals surface area contributed by atoms with Crippen molar-refractivity contribution in [2.45, 2.75) is 46.0 Å². The zero-order chi connectivity index (χ0) is 13.9. The summed E-state index contributed by atoms with van der Waals surface area (Å²) < 4.78 is 5.06. The van der Waals surface area contributed by atoms with Crippen LogP contribution in [-0.2, 0) is 4.74 Å². The average Bonchev–Trinajstić information content (AvgIpc) is 2.42. The maximum atomic E-state index is 5.06. The van der Waals surface area contributed by atoms with Gasteiger partial charge in [-0.25, -0.2) is 0 Å². The fourth-order valence-corrected chi connectivity index (χ4v) is 2.37. The number of aliphatic imine (C=N–C) groups is 1. The number of ether oxygens (including phenoxy) is 1. The zero-order valence-corrected chi connectivity index (χ0v) is 13.0. The van der Waals surface area contributed by atoms with Crippen molar-refractivity contribution in [2.75, 3.05) is 39.9 Å². The number of nitrogens with zero attached hydrogens (tertiary/aromatic N) is 2. The summed E-state index contributed by atoms with van der Waals surface area (Å²) in [7, 11) is 1.76. The van der Waals surface area contributed by atoms with Gasteiger partial charge in [0.15, 0.2) is 5.96 Å². The van der Waals surface area contributed by atoms with Crippen molar-refractivity contribution in [1.82, 2.24) is 10.2 Å². The molecule has 1 saturated heterocycles. The van der Waals surface area contributed by atoms with Crippen LogP contribution in [0.1, 0.15) is 46.0 Å². The van der Waals surface area contributed by atoms with E-state index in [2.05, 4.69) is 24.1 Å². The lowest BCUT2D eigenvalue weighted by Crippen LogP contribution is -2.45. The highest BCUT2D eigenvalue weighted by Gasteiger charge is 2.18. The van der Waals surface area contributed by atoms with Crippen LogP contribution in [0.4, 0.5) is 0 Å². The first-order valence-corrected chi connectivity index (χ1v) is 7.80. The van der Waals surface area contributed by atoms with Crippen LogP contribution in [0, 0.1) is 5.92 Å². The molecule has 0 atom stereocenters. The minimum atomic E-state index is 0.869. The van der Waals surface area contributed by atoms with Crippen LogP contribution in [-0.4, -0.2) is 50.8 Å². The molecule has 0 aliphatic carbocycles. The van der Waals surface area contributed by atoms with Crippen molar-refractivity contribution < 1.29 is 4.74 Å². The van der Waals surface area contributed by atoms with Crippen LogP contribution >= 0.6 is 0 Å². The second kappa shape index (κ2) is 10.1. The van der Waals surface area contributed by atoms with Crippen LogP contribution in [0.3, 0.4) is 0 Å². The number of hydrogen-bond donors (Lipinski definition) is 1. The Bertz CT molecular complexity index is 248. The molecular formula is C15H31N3O. The minimum Gasteiger partial charge on any atom is -0.385 e. The number of nitrogens with one attached hydrogen (secondary N) is 1. The monoisotopic (exact) mass is 269 g/mol. The SMILES string of the molecule is CCNC(=NCCCCCOC)N1CCC(C)CC1. The lowest BCUT2D eigenvalue weighted by molar-refractivity contribution is 0.192. The third-order valence-corrected chi connectivity index (χ3v) is 3.69. The molecule has 0 radical (unpaired) electrons. The summed E-state index contributed by atoms with van der Waals surface area (Å²) in [5.74, 6) is 1.98. The maximum absolute atomic E-state index is 5.06. The third kappa shape index (κ3) is 6.81. The second-order valence-electron chi connectivity index (χ2n) is 5.46. The van der Waals surface area contributed by atoms with E-state index in [1.807, 2.05) is 0 Å². The molecule has 19 heavy (non-hydrogen) atoms. The molecule has 1 aliphatic heterocycles. The van der Waals surface area contributed by atoms with Crippen LogP contribution in [0.25, 0.3) is 0 Å². The third-order valence-electron chi connectivity index (χ3n) is 3.69. The summed E-state index contributed by atoms with van der Waals surface area (Å²) in [4.78, 5) is 7.17. The highest BCUT2D eigenvalue weighted by atomic mass is 16.5. The topological polar surface area (TPSA) is 36.9 Å². The fraction of sp³-hybridized carbons (Fsp3) is 0.933. The van der Waals surface area contributed by atoms with E-state index in [1.54, 1.807) is 7.11 Å². The highest BCUT2D eigenvalue weighted by molar-refractivity contribution is 5.80. The van der Waals surface area contributed by atoms with E-state index in [-0.39, 0.29) is 0 Å². The quantitative estimate of drug-likeness (QED) is 0.438. The lowest BCUT2D eigenvalue weighted by atomic mass is 10.00. The van der Waals surface area contributed by atoms with Crippen molar-refractivity contribution in [3.63, 3.8) is 0 Å².